The molecule has 1 fully saturated rings. The second-order valence-electron chi connectivity index (χ2n) is 7.38. The molecule has 1 aliphatic heterocycles. The minimum Gasteiger partial charge on any atom is -0.394 e. The molecule has 13 nitrogen and oxygen atoms in total. The smallest absolute Gasteiger partial charge is 0.187 e. The van der Waals surface area contributed by atoms with E-state index in [9.17, 15) is 30.6 Å². The molecule has 1 rings (SSSR count). The Hall–Kier alpha value is -1.09. The number of aliphatic hydroxyl groups is 6. The highest BCUT2D eigenvalue weighted by Crippen LogP contribution is 2.26. The van der Waals surface area contributed by atoms with E-state index in [0.29, 0.717) is 25.8 Å². The molecule has 0 aromatic rings. The van der Waals surface area contributed by atoms with Gasteiger partial charge in [-0.15, -0.1) is 0 Å². The number of unbranched alkanes of at least 4 members (excludes halogenated alkanes) is 2. The predicted octanol–water partition coefficient (Wildman–Crippen LogP) is -1.23. The fraction of sp³-hybridized carbons (Fsp3) is 1.00. The first-order valence-corrected chi connectivity index (χ1v) is 10.3. The summed E-state index contributed by atoms with van der Waals surface area (Å²) in [5.74, 6) is 0. The molecule has 1 saturated heterocycles. The third-order valence-corrected chi connectivity index (χ3v) is 4.87. The Morgan fingerprint density at radius 1 is 1.10 bits per heavy atom. The second kappa shape index (κ2) is 14.9. The zero-order valence-electron chi connectivity index (χ0n) is 17.8. The van der Waals surface area contributed by atoms with Gasteiger partial charge in [0.1, 0.15) is 30.5 Å². The van der Waals surface area contributed by atoms with Crippen molar-refractivity contribution in [3.63, 3.8) is 0 Å². The van der Waals surface area contributed by atoms with E-state index in [1.807, 2.05) is 0 Å². The van der Waals surface area contributed by atoms with Crippen LogP contribution in [-0.2, 0) is 18.9 Å². The van der Waals surface area contributed by atoms with E-state index >= 15 is 0 Å². The molecule has 0 bridgehead atoms. The van der Waals surface area contributed by atoms with Crippen LogP contribution in [0.2, 0.25) is 0 Å². The van der Waals surface area contributed by atoms with Gasteiger partial charge in [0, 0.05) is 18.1 Å². The normalized spacial score (nSPS) is 30.3. The molecular weight excluding hydrogens is 418 g/mol. The molecule has 9 atom stereocenters. The lowest BCUT2D eigenvalue weighted by Crippen LogP contribution is -2.61. The van der Waals surface area contributed by atoms with Gasteiger partial charge in [-0.05, 0) is 32.2 Å². The van der Waals surface area contributed by atoms with Crippen LogP contribution in [0.15, 0.2) is 5.11 Å². The zero-order valence-corrected chi connectivity index (χ0v) is 17.8. The van der Waals surface area contributed by atoms with Crippen molar-refractivity contribution in [2.75, 3.05) is 26.4 Å². The average molecular weight is 453 g/mol. The summed E-state index contributed by atoms with van der Waals surface area (Å²) >= 11 is 0. The lowest BCUT2D eigenvalue weighted by molar-refractivity contribution is -0.342. The Labute approximate surface area is 180 Å². The first kappa shape index (κ1) is 27.9. The highest BCUT2D eigenvalue weighted by Gasteiger charge is 2.47. The Balaban J connectivity index is 2.73. The van der Waals surface area contributed by atoms with E-state index in [4.69, 9.17) is 24.5 Å². The van der Waals surface area contributed by atoms with Crippen molar-refractivity contribution in [1.29, 1.82) is 0 Å². The molecule has 0 radical (unpaired) electrons. The van der Waals surface area contributed by atoms with Gasteiger partial charge in [0.05, 0.1) is 25.4 Å². The van der Waals surface area contributed by atoms with Crippen molar-refractivity contribution in [1.82, 2.24) is 0 Å². The Bertz CT molecular complexity index is 537. The van der Waals surface area contributed by atoms with Gasteiger partial charge in [-0.3, -0.25) is 0 Å². The summed E-state index contributed by atoms with van der Waals surface area (Å²) in [5.41, 5.74) is 8.25. The largest absolute Gasteiger partial charge is 0.394 e. The molecule has 6 N–H and O–H groups in total. The lowest BCUT2D eigenvalue weighted by atomic mass is 9.99. The first-order valence-electron chi connectivity index (χ1n) is 10.3. The molecule has 0 spiro atoms. The molecule has 0 amide bonds. The molecule has 31 heavy (non-hydrogen) atoms. The van der Waals surface area contributed by atoms with Crippen molar-refractivity contribution in [3.8, 4) is 0 Å². The molecule has 3 unspecified atom stereocenters. The SMILES string of the molecule is CC(O[C@H](CO)OC1[C@H](OCCCCCN=[N+]=[N-])OC(CO)[C@H](O)[C@@H]1O)[C@@H](O)[C@@H](C)O. The Kier molecular flexibility index (Phi) is 13.4. The van der Waals surface area contributed by atoms with Crippen molar-refractivity contribution >= 4 is 0 Å². The van der Waals surface area contributed by atoms with Gasteiger partial charge in [0.2, 0.25) is 0 Å². The van der Waals surface area contributed by atoms with Crippen LogP contribution in [0.5, 0.6) is 0 Å². The molecule has 0 aromatic carbocycles. The molecular formula is C18H35N3O10. The van der Waals surface area contributed by atoms with Gasteiger partial charge in [0.25, 0.3) is 0 Å². The highest BCUT2D eigenvalue weighted by molar-refractivity contribution is 4.90. The van der Waals surface area contributed by atoms with E-state index in [2.05, 4.69) is 10.0 Å². The predicted molar refractivity (Wildman–Crippen MR) is 106 cm³/mol. The number of azide groups is 1. The lowest BCUT2D eigenvalue weighted by Gasteiger charge is -2.43. The van der Waals surface area contributed by atoms with Crippen LogP contribution in [0, 0.1) is 0 Å². The average Bonchev–Trinajstić information content (AvgIpc) is 2.75. The number of aliphatic hydroxyl groups excluding tert-OH is 6. The van der Waals surface area contributed by atoms with Gasteiger partial charge < -0.3 is 49.6 Å². The van der Waals surface area contributed by atoms with Gasteiger partial charge in [-0.1, -0.05) is 11.5 Å². The van der Waals surface area contributed by atoms with E-state index in [1.54, 1.807) is 0 Å². The van der Waals surface area contributed by atoms with E-state index < -0.39 is 68.5 Å². The summed E-state index contributed by atoms with van der Waals surface area (Å²) in [4.78, 5) is 2.67. The summed E-state index contributed by atoms with van der Waals surface area (Å²) in [7, 11) is 0. The topological polar surface area (TPSA) is 207 Å². The number of hydrogen-bond donors (Lipinski definition) is 6. The van der Waals surface area contributed by atoms with Crippen molar-refractivity contribution in [3.05, 3.63) is 10.4 Å². The molecule has 13 heteroatoms. The molecule has 0 saturated carbocycles. The van der Waals surface area contributed by atoms with Crippen LogP contribution in [0.3, 0.4) is 0 Å². The van der Waals surface area contributed by atoms with Crippen molar-refractivity contribution in [2.24, 2.45) is 5.11 Å². The monoisotopic (exact) mass is 453 g/mol. The summed E-state index contributed by atoms with van der Waals surface area (Å²) in [5, 5.41) is 62.4. The number of nitrogens with zero attached hydrogens (tertiary/aromatic N) is 3. The number of rotatable bonds is 15. The Morgan fingerprint density at radius 3 is 2.39 bits per heavy atom. The van der Waals surface area contributed by atoms with Crippen LogP contribution in [-0.4, -0.2) is 112 Å². The molecule has 0 aliphatic carbocycles. The maximum atomic E-state index is 10.5. The number of hydrogen-bond acceptors (Lipinski definition) is 11. The van der Waals surface area contributed by atoms with Crippen LogP contribution in [0.25, 0.3) is 10.4 Å². The fourth-order valence-corrected chi connectivity index (χ4v) is 3.05. The van der Waals surface area contributed by atoms with E-state index in [0.717, 1.165) is 0 Å². The van der Waals surface area contributed by atoms with Gasteiger partial charge in [-0.25, -0.2) is 0 Å². The van der Waals surface area contributed by atoms with Crippen molar-refractivity contribution < 1.29 is 49.6 Å². The van der Waals surface area contributed by atoms with E-state index in [-0.39, 0.29) is 6.61 Å². The fourth-order valence-electron chi connectivity index (χ4n) is 3.05. The van der Waals surface area contributed by atoms with Gasteiger partial charge in [-0.2, -0.15) is 0 Å². The molecule has 1 heterocycles. The van der Waals surface area contributed by atoms with Crippen molar-refractivity contribution in [2.45, 2.75) is 88.4 Å². The van der Waals surface area contributed by atoms with Crippen LogP contribution in [0.1, 0.15) is 33.1 Å². The third kappa shape index (κ3) is 9.12. The minimum absolute atomic E-state index is 0.198. The zero-order chi connectivity index (χ0) is 23.4. The maximum Gasteiger partial charge on any atom is 0.187 e. The quantitative estimate of drug-likeness (QED) is 0.0572. The van der Waals surface area contributed by atoms with Crippen LogP contribution in [0.4, 0.5) is 0 Å². The van der Waals surface area contributed by atoms with Crippen LogP contribution >= 0.6 is 0 Å². The standard InChI is InChI=1S/C18H35N3O10/c1-10(24)14(25)11(2)29-13(9-23)31-17-16(27)15(26)12(8-22)30-18(17)28-7-5-3-4-6-20-21-19/h10-18,22-27H,3-9H2,1-2H3/t10-,11?,12?,13+,14+,15+,16+,17?,18-/m1/s1. The van der Waals surface area contributed by atoms with Crippen LogP contribution < -0.4 is 0 Å². The Morgan fingerprint density at radius 2 is 1.81 bits per heavy atom. The van der Waals surface area contributed by atoms with Gasteiger partial charge in [0.15, 0.2) is 12.6 Å². The first-order chi connectivity index (χ1) is 14.8. The third-order valence-electron chi connectivity index (χ3n) is 4.87. The summed E-state index contributed by atoms with van der Waals surface area (Å²) in [6.45, 7) is 2.20. The minimum atomic E-state index is -1.52. The molecule has 182 valence electrons. The maximum absolute atomic E-state index is 10.5. The van der Waals surface area contributed by atoms with Gasteiger partial charge >= 0.3 is 0 Å². The summed E-state index contributed by atoms with van der Waals surface area (Å²) < 4.78 is 22.1. The second-order valence-corrected chi connectivity index (χ2v) is 7.38. The molecule has 1 aliphatic rings. The van der Waals surface area contributed by atoms with E-state index in [1.165, 1.54) is 13.8 Å². The molecule has 0 aromatic heterocycles. The summed E-state index contributed by atoms with van der Waals surface area (Å²) in [6.07, 6.45) is -9.13. The summed E-state index contributed by atoms with van der Waals surface area (Å²) in [6, 6.07) is 0. The number of ether oxygens (including phenoxy) is 4. The highest BCUT2D eigenvalue weighted by atomic mass is 16.7.